The van der Waals surface area contributed by atoms with Crippen molar-refractivity contribution in [3.8, 4) is 11.4 Å². The van der Waals surface area contributed by atoms with Crippen LogP contribution in [0.15, 0.2) is 48.5 Å². The van der Waals surface area contributed by atoms with E-state index in [0.29, 0.717) is 12.2 Å². The molecule has 3 N–H and O–H groups in total. The fraction of sp³-hybridized carbons (Fsp3) is 0.423. The van der Waals surface area contributed by atoms with Gasteiger partial charge in [0.15, 0.2) is 5.82 Å². The molecule has 1 saturated heterocycles. The van der Waals surface area contributed by atoms with Gasteiger partial charge in [-0.15, -0.1) is 0 Å². The first kappa shape index (κ1) is 24.1. The summed E-state index contributed by atoms with van der Waals surface area (Å²) in [6.45, 7) is 6.53. The van der Waals surface area contributed by atoms with Gasteiger partial charge in [-0.05, 0) is 51.3 Å². The van der Waals surface area contributed by atoms with Gasteiger partial charge in [-0.3, -0.25) is 4.79 Å². The predicted molar refractivity (Wildman–Crippen MR) is 139 cm³/mol. The van der Waals surface area contributed by atoms with Gasteiger partial charge in [0.1, 0.15) is 5.82 Å². The molecule has 8 heteroatoms. The quantitative estimate of drug-likeness (QED) is 0.400. The van der Waals surface area contributed by atoms with Crippen LogP contribution in [-0.4, -0.2) is 85.6 Å². The molecule has 2 aromatic carbocycles. The third-order valence-electron chi connectivity index (χ3n) is 5.98. The number of benzene rings is 2. The molecule has 1 fully saturated rings. The molecule has 0 aliphatic carbocycles. The van der Waals surface area contributed by atoms with E-state index in [1.807, 2.05) is 48.5 Å². The molecule has 2 heterocycles. The number of rotatable bonds is 10. The first-order valence-electron chi connectivity index (χ1n) is 12.1. The molecule has 0 saturated carbocycles. The summed E-state index contributed by atoms with van der Waals surface area (Å²) < 4.78 is 0. The molecule has 1 aliphatic heterocycles. The summed E-state index contributed by atoms with van der Waals surface area (Å²) in [5, 5.41) is 10.9. The minimum Gasteiger partial charge on any atom is -0.369 e. The fourth-order valence-electron chi connectivity index (χ4n) is 4.13. The van der Waals surface area contributed by atoms with Crippen LogP contribution in [-0.2, 0) is 4.79 Å². The normalized spacial score (nSPS) is 14.4. The molecule has 34 heavy (non-hydrogen) atoms. The first-order chi connectivity index (χ1) is 16.6. The van der Waals surface area contributed by atoms with Crippen molar-refractivity contribution in [2.24, 2.45) is 0 Å². The second-order valence-corrected chi connectivity index (χ2v) is 8.93. The molecule has 1 amide bonds. The van der Waals surface area contributed by atoms with Crippen LogP contribution in [0.5, 0.6) is 0 Å². The molecule has 1 aromatic heterocycles. The van der Waals surface area contributed by atoms with E-state index in [2.05, 4.69) is 39.8 Å². The Labute approximate surface area is 201 Å². The van der Waals surface area contributed by atoms with Gasteiger partial charge in [-0.1, -0.05) is 24.3 Å². The number of para-hydroxylation sites is 2. The fourth-order valence-corrected chi connectivity index (χ4v) is 4.13. The van der Waals surface area contributed by atoms with Crippen LogP contribution in [0.4, 0.5) is 11.5 Å². The summed E-state index contributed by atoms with van der Waals surface area (Å²) in [4.78, 5) is 26.9. The number of nitrogens with zero attached hydrogens (tertiary/aromatic N) is 4. The summed E-state index contributed by atoms with van der Waals surface area (Å²) in [7, 11) is 4.15. The van der Waals surface area contributed by atoms with Gasteiger partial charge < -0.3 is 25.8 Å². The standard InChI is InChI=1S/C26H35N7O/c1-32(2)16-7-13-28-25-20-8-3-6-11-23(20)30-26(31-25)21-9-4-5-10-22(21)29-24(34)12-17-33-18-14-27-15-19-33/h3-6,8-11,27H,7,12-19H2,1-2H3,(H,29,34)(H,28,30,31). The van der Waals surface area contributed by atoms with Gasteiger partial charge in [0.2, 0.25) is 5.91 Å². The van der Waals surface area contributed by atoms with Crippen molar-refractivity contribution in [2.75, 3.05) is 70.5 Å². The van der Waals surface area contributed by atoms with E-state index in [9.17, 15) is 4.79 Å². The molecule has 0 spiro atoms. The topological polar surface area (TPSA) is 85.4 Å². The Morgan fingerprint density at radius 3 is 2.65 bits per heavy atom. The molecule has 1 aliphatic rings. The van der Waals surface area contributed by atoms with Gasteiger partial charge in [-0.25, -0.2) is 9.97 Å². The van der Waals surface area contributed by atoms with Gasteiger partial charge in [0.25, 0.3) is 0 Å². The number of anilines is 2. The van der Waals surface area contributed by atoms with Crippen LogP contribution in [0.25, 0.3) is 22.3 Å². The third kappa shape index (κ3) is 6.50. The minimum absolute atomic E-state index is 0.00815. The summed E-state index contributed by atoms with van der Waals surface area (Å²) in [6, 6.07) is 15.8. The van der Waals surface area contributed by atoms with E-state index in [1.165, 1.54) is 0 Å². The van der Waals surface area contributed by atoms with Gasteiger partial charge in [-0.2, -0.15) is 0 Å². The molecule has 0 bridgehead atoms. The van der Waals surface area contributed by atoms with Crippen LogP contribution in [0, 0.1) is 0 Å². The Hall–Kier alpha value is -3.07. The minimum atomic E-state index is 0.00815. The highest BCUT2D eigenvalue weighted by Crippen LogP contribution is 2.29. The third-order valence-corrected chi connectivity index (χ3v) is 5.98. The number of aromatic nitrogens is 2. The first-order valence-corrected chi connectivity index (χ1v) is 12.1. The SMILES string of the molecule is CN(C)CCCNc1nc(-c2ccccc2NC(=O)CCN2CCNCC2)nc2ccccc12. The van der Waals surface area contributed by atoms with Crippen molar-refractivity contribution in [1.82, 2.24) is 25.1 Å². The van der Waals surface area contributed by atoms with Crippen molar-refractivity contribution < 1.29 is 4.79 Å². The average molecular weight is 462 g/mol. The lowest BCUT2D eigenvalue weighted by molar-refractivity contribution is -0.116. The summed E-state index contributed by atoms with van der Waals surface area (Å²) in [5.41, 5.74) is 2.43. The highest BCUT2D eigenvalue weighted by molar-refractivity contribution is 5.96. The molecule has 8 nitrogen and oxygen atoms in total. The second-order valence-electron chi connectivity index (χ2n) is 8.93. The van der Waals surface area contributed by atoms with E-state index < -0.39 is 0 Å². The van der Waals surface area contributed by atoms with E-state index in [4.69, 9.17) is 9.97 Å². The average Bonchev–Trinajstić information content (AvgIpc) is 2.86. The summed E-state index contributed by atoms with van der Waals surface area (Å²) in [5.74, 6) is 1.43. The molecule has 0 unspecified atom stereocenters. The summed E-state index contributed by atoms with van der Waals surface area (Å²) >= 11 is 0. The van der Waals surface area contributed by atoms with Gasteiger partial charge >= 0.3 is 0 Å². The Bertz CT molecular complexity index is 1100. The predicted octanol–water partition coefficient (Wildman–Crippen LogP) is 2.89. The lowest BCUT2D eigenvalue weighted by atomic mass is 10.1. The Morgan fingerprint density at radius 2 is 1.82 bits per heavy atom. The molecule has 0 atom stereocenters. The number of hydrogen-bond acceptors (Lipinski definition) is 7. The molecule has 180 valence electrons. The number of hydrogen-bond donors (Lipinski definition) is 3. The van der Waals surface area contributed by atoms with Gasteiger partial charge in [0, 0.05) is 56.6 Å². The Balaban J connectivity index is 1.52. The number of amides is 1. The number of carbonyl (C=O) groups is 1. The van der Waals surface area contributed by atoms with Crippen LogP contribution < -0.4 is 16.0 Å². The zero-order valence-electron chi connectivity index (χ0n) is 20.2. The Kier molecular flexibility index (Phi) is 8.41. The highest BCUT2D eigenvalue weighted by Gasteiger charge is 2.15. The number of carbonyl (C=O) groups excluding carboxylic acids is 1. The highest BCUT2D eigenvalue weighted by atomic mass is 16.1. The zero-order valence-corrected chi connectivity index (χ0v) is 20.2. The molecular formula is C26H35N7O. The maximum atomic E-state index is 12.7. The second kappa shape index (κ2) is 11.9. The number of piperazine rings is 1. The van der Waals surface area contributed by atoms with Crippen molar-refractivity contribution in [3.63, 3.8) is 0 Å². The van der Waals surface area contributed by atoms with Crippen molar-refractivity contribution in [2.45, 2.75) is 12.8 Å². The zero-order chi connectivity index (χ0) is 23.8. The van der Waals surface area contributed by atoms with Crippen LogP contribution in [0.3, 0.4) is 0 Å². The number of nitrogens with one attached hydrogen (secondary N) is 3. The lowest BCUT2D eigenvalue weighted by Gasteiger charge is -2.26. The van der Waals surface area contributed by atoms with Crippen LogP contribution >= 0.6 is 0 Å². The number of fused-ring (bicyclic) bond motifs is 1. The monoisotopic (exact) mass is 461 g/mol. The van der Waals surface area contributed by atoms with E-state index in [0.717, 1.165) is 80.2 Å². The van der Waals surface area contributed by atoms with Crippen molar-refractivity contribution in [1.29, 1.82) is 0 Å². The molecule has 0 radical (unpaired) electrons. The van der Waals surface area contributed by atoms with E-state index >= 15 is 0 Å². The molecular weight excluding hydrogens is 426 g/mol. The lowest BCUT2D eigenvalue weighted by Crippen LogP contribution is -2.44. The van der Waals surface area contributed by atoms with E-state index in [1.54, 1.807) is 0 Å². The largest absolute Gasteiger partial charge is 0.369 e. The molecule has 3 aromatic rings. The van der Waals surface area contributed by atoms with Crippen molar-refractivity contribution >= 4 is 28.3 Å². The Morgan fingerprint density at radius 1 is 1.06 bits per heavy atom. The smallest absolute Gasteiger partial charge is 0.225 e. The van der Waals surface area contributed by atoms with Crippen molar-refractivity contribution in [3.05, 3.63) is 48.5 Å². The maximum absolute atomic E-state index is 12.7. The maximum Gasteiger partial charge on any atom is 0.225 e. The van der Waals surface area contributed by atoms with Crippen LogP contribution in [0.2, 0.25) is 0 Å². The van der Waals surface area contributed by atoms with E-state index in [-0.39, 0.29) is 5.91 Å². The summed E-state index contributed by atoms with van der Waals surface area (Å²) in [6.07, 6.45) is 1.48. The van der Waals surface area contributed by atoms with Crippen LogP contribution in [0.1, 0.15) is 12.8 Å². The van der Waals surface area contributed by atoms with Gasteiger partial charge in [0.05, 0.1) is 11.2 Å². The molecule has 4 rings (SSSR count).